The van der Waals surface area contributed by atoms with E-state index in [-0.39, 0.29) is 18.4 Å². The van der Waals surface area contributed by atoms with Gasteiger partial charge in [0.2, 0.25) is 0 Å². The number of pyridine rings is 1. The molecule has 0 aliphatic carbocycles. The molecule has 2 aromatic heterocycles. The Balaban J connectivity index is 0.000000383. The largest absolute Gasteiger partial charge is 0.490 e. The topological polar surface area (TPSA) is 109 Å². The first-order valence-electron chi connectivity index (χ1n) is 9.66. The van der Waals surface area contributed by atoms with Crippen LogP contribution in [0.25, 0.3) is 0 Å². The number of morpholine rings is 1. The van der Waals surface area contributed by atoms with Crippen molar-refractivity contribution >= 4 is 34.8 Å². The SMILES string of the molecule is O=C(O)C(F)(F)F.O=C(c1cccs1)N1CCOCC2(C1)CN(c1cccnc1)C(=O)CO2. The molecule has 0 aromatic carbocycles. The molecule has 0 bridgehead atoms. The van der Waals surface area contributed by atoms with Crippen LogP contribution in [-0.4, -0.2) is 84.0 Å². The summed E-state index contributed by atoms with van der Waals surface area (Å²) in [5.41, 5.74) is -0.0201. The molecule has 1 N–H and O–H groups in total. The summed E-state index contributed by atoms with van der Waals surface area (Å²) in [7, 11) is 0. The van der Waals surface area contributed by atoms with Crippen LogP contribution in [0.5, 0.6) is 0 Å². The number of carboxylic acid groups (broad SMARTS) is 1. The number of thiophene rings is 1. The third-order valence-electron chi connectivity index (χ3n) is 4.82. The number of carbonyl (C=O) groups excluding carboxylic acids is 2. The van der Waals surface area contributed by atoms with Gasteiger partial charge in [0.05, 0.1) is 43.1 Å². The van der Waals surface area contributed by atoms with Crippen molar-refractivity contribution in [3.63, 3.8) is 0 Å². The highest BCUT2D eigenvalue weighted by Gasteiger charge is 2.44. The summed E-state index contributed by atoms with van der Waals surface area (Å²) in [6, 6.07) is 7.32. The summed E-state index contributed by atoms with van der Waals surface area (Å²) in [6.07, 6.45) is -1.76. The van der Waals surface area contributed by atoms with Gasteiger partial charge in [-0.05, 0) is 23.6 Å². The number of carboxylic acids is 1. The number of anilines is 1. The van der Waals surface area contributed by atoms with Crippen LogP contribution in [0, 0.1) is 0 Å². The van der Waals surface area contributed by atoms with E-state index in [1.165, 1.54) is 11.3 Å². The summed E-state index contributed by atoms with van der Waals surface area (Å²) >= 11 is 1.42. The summed E-state index contributed by atoms with van der Waals surface area (Å²) in [6.45, 7) is 1.95. The second-order valence-electron chi connectivity index (χ2n) is 7.22. The van der Waals surface area contributed by atoms with Gasteiger partial charge in [-0.15, -0.1) is 11.3 Å². The molecule has 4 rings (SSSR count). The molecule has 2 fully saturated rings. The van der Waals surface area contributed by atoms with E-state index in [2.05, 4.69) is 4.98 Å². The van der Waals surface area contributed by atoms with Crippen molar-refractivity contribution < 1.29 is 42.1 Å². The average Bonchev–Trinajstić information content (AvgIpc) is 3.25. The van der Waals surface area contributed by atoms with E-state index in [0.717, 1.165) is 5.69 Å². The molecule has 2 aromatic rings. The van der Waals surface area contributed by atoms with Crippen LogP contribution in [0.2, 0.25) is 0 Å². The van der Waals surface area contributed by atoms with Crippen molar-refractivity contribution in [1.29, 1.82) is 0 Å². The molecule has 13 heteroatoms. The number of carbonyl (C=O) groups is 3. The van der Waals surface area contributed by atoms with E-state index < -0.39 is 17.7 Å². The minimum absolute atomic E-state index is 0.0293. The summed E-state index contributed by atoms with van der Waals surface area (Å²) in [4.78, 5) is 42.3. The minimum atomic E-state index is -5.08. The smallest absolute Gasteiger partial charge is 0.475 e. The van der Waals surface area contributed by atoms with Gasteiger partial charge in [0, 0.05) is 12.7 Å². The maximum Gasteiger partial charge on any atom is 0.490 e. The van der Waals surface area contributed by atoms with E-state index in [9.17, 15) is 22.8 Å². The second-order valence-corrected chi connectivity index (χ2v) is 8.17. The minimum Gasteiger partial charge on any atom is -0.475 e. The maximum atomic E-state index is 12.8. The molecule has 178 valence electrons. The van der Waals surface area contributed by atoms with E-state index in [4.69, 9.17) is 19.4 Å². The quantitative estimate of drug-likeness (QED) is 0.691. The first-order chi connectivity index (χ1) is 15.6. The molecular formula is C20H20F3N3O6S. The van der Waals surface area contributed by atoms with Gasteiger partial charge in [-0.1, -0.05) is 6.07 Å². The summed E-state index contributed by atoms with van der Waals surface area (Å²) in [5.74, 6) is -2.91. The fourth-order valence-corrected chi connectivity index (χ4v) is 3.97. The van der Waals surface area contributed by atoms with Crippen molar-refractivity contribution in [3.05, 3.63) is 46.9 Å². The zero-order valence-electron chi connectivity index (χ0n) is 17.2. The number of amides is 2. The van der Waals surface area contributed by atoms with Gasteiger partial charge in [0.15, 0.2) is 0 Å². The zero-order valence-corrected chi connectivity index (χ0v) is 18.0. The van der Waals surface area contributed by atoms with Gasteiger partial charge < -0.3 is 24.4 Å². The lowest BCUT2D eigenvalue weighted by molar-refractivity contribution is -0.192. The first-order valence-corrected chi connectivity index (χ1v) is 10.5. The van der Waals surface area contributed by atoms with Crippen LogP contribution in [0.1, 0.15) is 9.67 Å². The number of nitrogens with zero attached hydrogens (tertiary/aromatic N) is 3. The summed E-state index contributed by atoms with van der Waals surface area (Å²) in [5, 5.41) is 9.01. The predicted molar refractivity (Wildman–Crippen MR) is 110 cm³/mol. The van der Waals surface area contributed by atoms with Crippen molar-refractivity contribution in [2.75, 3.05) is 44.4 Å². The number of hydrogen-bond donors (Lipinski definition) is 1. The van der Waals surface area contributed by atoms with E-state index in [1.807, 2.05) is 23.6 Å². The standard InChI is InChI=1S/C18H19N3O4S.C2HF3O2/c22-16-10-25-18(12-21(16)14-3-1-5-19-9-14)11-20(6-7-24-13-18)17(23)15-4-2-8-26-15;3-2(4,5)1(6)7/h1-5,8-9H,6-7,10-13H2;(H,6,7). The fraction of sp³-hybridized carbons (Fsp3) is 0.400. The molecule has 4 heterocycles. The van der Waals surface area contributed by atoms with Crippen LogP contribution in [0.4, 0.5) is 18.9 Å². The Morgan fingerprint density at radius 1 is 1.21 bits per heavy atom. The normalized spacial score (nSPS) is 21.2. The highest BCUT2D eigenvalue weighted by Crippen LogP contribution is 2.27. The average molecular weight is 487 g/mol. The molecule has 33 heavy (non-hydrogen) atoms. The van der Waals surface area contributed by atoms with Crippen LogP contribution < -0.4 is 4.90 Å². The lowest BCUT2D eigenvalue weighted by Gasteiger charge is -2.42. The lowest BCUT2D eigenvalue weighted by atomic mass is 10.0. The Labute approximate surface area is 190 Å². The lowest BCUT2D eigenvalue weighted by Crippen LogP contribution is -2.61. The number of rotatable bonds is 2. The van der Waals surface area contributed by atoms with Gasteiger partial charge in [-0.25, -0.2) is 4.79 Å². The van der Waals surface area contributed by atoms with Gasteiger partial charge in [0.1, 0.15) is 12.2 Å². The molecule has 1 atom stereocenters. The highest BCUT2D eigenvalue weighted by atomic mass is 32.1. The van der Waals surface area contributed by atoms with Crippen LogP contribution >= 0.6 is 11.3 Å². The van der Waals surface area contributed by atoms with Crippen molar-refractivity contribution in [1.82, 2.24) is 9.88 Å². The Hall–Kier alpha value is -3.03. The van der Waals surface area contributed by atoms with Crippen LogP contribution in [0.15, 0.2) is 42.0 Å². The molecule has 2 amide bonds. The molecule has 1 unspecified atom stereocenters. The van der Waals surface area contributed by atoms with Gasteiger partial charge in [-0.2, -0.15) is 13.2 Å². The Morgan fingerprint density at radius 2 is 1.97 bits per heavy atom. The fourth-order valence-electron chi connectivity index (χ4n) is 3.28. The molecule has 2 aliphatic rings. The van der Waals surface area contributed by atoms with Crippen LogP contribution in [-0.2, 0) is 19.1 Å². The molecule has 9 nitrogen and oxygen atoms in total. The number of aromatic nitrogens is 1. The van der Waals surface area contributed by atoms with Gasteiger partial charge >= 0.3 is 12.1 Å². The Morgan fingerprint density at radius 3 is 2.58 bits per heavy atom. The van der Waals surface area contributed by atoms with Gasteiger partial charge in [0.25, 0.3) is 11.8 Å². The molecule has 0 radical (unpaired) electrons. The molecule has 2 aliphatic heterocycles. The third kappa shape index (κ3) is 6.27. The number of halogens is 3. The third-order valence-corrected chi connectivity index (χ3v) is 5.68. The van der Waals surface area contributed by atoms with Gasteiger partial charge in [-0.3, -0.25) is 14.6 Å². The highest BCUT2D eigenvalue weighted by molar-refractivity contribution is 7.12. The van der Waals surface area contributed by atoms with Crippen LogP contribution in [0.3, 0.4) is 0 Å². The maximum absolute atomic E-state index is 12.8. The monoisotopic (exact) mass is 487 g/mol. The number of alkyl halides is 3. The first kappa shape index (κ1) is 24.6. The molecule has 0 saturated carbocycles. The number of hydrogen-bond acceptors (Lipinski definition) is 7. The predicted octanol–water partition coefficient (Wildman–Crippen LogP) is 2.05. The molecule has 2 saturated heterocycles. The molecule has 1 spiro atoms. The summed E-state index contributed by atoms with van der Waals surface area (Å²) < 4.78 is 43.4. The van der Waals surface area contributed by atoms with E-state index in [1.54, 1.807) is 28.3 Å². The number of aliphatic carboxylic acids is 1. The van der Waals surface area contributed by atoms with Crippen molar-refractivity contribution in [2.45, 2.75) is 11.8 Å². The molecular weight excluding hydrogens is 467 g/mol. The number of ether oxygens (including phenoxy) is 2. The van der Waals surface area contributed by atoms with E-state index in [0.29, 0.717) is 37.7 Å². The Bertz CT molecular complexity index is 973. The Kier molecular flexibility index (Phi) is 7.66. The van der Waals surface area contributed by atoms with Crippen molar-refractivity contribution in [3.8, 4) is 0 Å². The van der Waals surface area contributed by atoms with Crippen molar-refractivity contribution in [2.24, 2.45) is 0 Å². The second kappa shape index (κ2) is 10.3. The zero-order chi connectivity index (χ0) is 24.1. The van der Waals surface area contributed by atoms with E-state index >= 15 is 0 Å².